The van der Waals surface area contributed by atoms with Crippen LogP contribution in [-0.4, -0.2) is 62.9 Å². The maximum atomic E-state index is 12.6. The van der Waals surface area contributed by atoms with Gasteiger partial charge in [-0.15, -0.1) is 0 Å². The molecule has 0 aromatic heterocycles. The van der Waals surface area contributed by atoms with E-state index in [-0.39, 0.29) is 25.3 Å². The first-order valence-electron chi connectivity index (χ1n) is 7.43. The summed E-state index contributed by atoms with van der Waals surface area (Å²) in [5, 5.41) is 11.4. The van der Waals surface area contributed by atoms with Crippen LogP contribution in [0.2, 0.25) is 0 Å². The summed E-state index contributed by atoms with van der Waals surface area (Å²) >= 11 is 0. The topological polar surface area (TPSA) is 83.8 Å². The van der Waals surface area contributed by atoms with E-state index in [1.54, 1.807) is 11.8 Å². The van der Waals surface area contributed by atoms with Gasteiger partial charge in [-0.2, -0.15) is 13.2 Å². The van der Waals surface area contributed by atoms with Crippen LogP contribution in [0.4, 0.5) is 24.5 Å². The van der Waals surface area contributed by atoms with Gasteiger partial charge in [-0.1, -0.05) is 6.07 Å². The van der Waals surface area contributed by atoms with Crippen molar-refractivity contribution in [1.82, 2.24) is 4.90 Å². The number of anilines is 1. The standard InChI is InChI=1S/C14H18F3N3O4S/c1-10-8-18(6-7-19(10)9-14(15,16)17)11-4-3-5-12(25(2,23)24)13(11)20(21)22/h3-5,10H,6-9H2,1-2H3. The maximum Gasteiger partial charge on any atom is 0.401 e. The Balaban J connectivity index is 2.34. The number of nitro benzene ring substituents is 1. The highest BCUT2D eigenvalue weighted by Crippen LogP contribution is 2.35. The Labute approximate surface area is 143 Å². The highest BCUT2D eigenvalue weighted by Gasteiger charge is 2.37. The number of sulfone groups is 1. The minimum atomic E-state index is -4.32. The second-order valence-electron chi connectivity index (χ2n) is 6.03. The van der Waals surface area contributed by atoms with Crippen LogP contribution < -0.4 is 4.90 Å². The summed E-state index contributed by atoms with van der Waals surface area (Å²) in [6.45, 7) is 0.886. The summed E-state index contributed by atoms with van der Waals surface area (Å²) in [5.74, 6) is 0. The lowest BCUT2D eigenvalue weighted by Crippen LogP contribution is -2.54. The minimum Gasteiger partial charge on any atom is -0.363 e. The summed E-state index contributed by atoms with van der Waals surface area (Å²) in [6, 6.07) is 3.47. The van der Waals surface area contributed by atoms with Gasteiger partial charge in [-0.3, -0.25) is 15.0 Å². The zero-order valence-corrected chi connectivity index (χ0v) is 14.5. The van der Waals surface area contributed by atoms with E-state index in [1.807, 2.05) is 0 Å². The second kappa shape index (κ2) is 6.79. The predicted octanol–water partition coefficient (Wildman–Crippen LogP) is 2.07. The second-order valence-corrected chi connectivity index (χ2v) is 8.02. The van der Waals surface area contributed by atoms with Gasteiger partial charge in [0, 0.05) is 31.9 Å². The number of nitro groups is 1. The Morgan fingerprint density at radius 3 is 2.44 bits per heavy atom. The molecule has 1 aliphatic rings. The number of piperazine rings is 1. The van der Waals surface area contributed by atoms with Crippen molar-refractivity contribution in [3.05, 3.63) is 28.3 Å². The van der Waals surface area contributed by atoms with Gasteiger partial charge in [0.25, 0.3) is 0 Å². The van der Waals surface area contributed by atoms with E-state index in [0.29, 0.717) is 0 Å². The van der Waals surface area contributed by atoms with Gasteiger partial charge in [0.15, 0.2) is 9.84 Å². The van der Waals surface area contributed by atoms with Crippen molar-refractivity contribution in [2.45, 2.75) is 24.0 Å². The molecular weight excluding hydrogens is 363 g/mol. The average Bonchev–Trinajstić information content (AvgIpc) is 2.46. The van der Waals surface area contributed by atoms with E-state index >= 15 is 0 Å². The molecule has 0 spiro atoms. The SMILES string of the molecule is CC1CN(c2cccc(S(C)(=O)=O)c2[N+](=O)[O-])CCN1CC(F)(F)F. The van der Waals surface area contributed by atoms with Gasteiger partial charge in [0.1, 0.15) is 10.6 Å². The van der Waals surface area contributed by atoms with Crippen LogP contribution in [0.5, 0.6) is 0 Å². The quantitative estimate of drug-likeness (QED) is 0.587. The molecule has 0 aliphatic carbocycles. The minimum absolute atomic E-state index is 0.0704. The lowest BCUT2D eigenvalue weighted by molar-refractivity contribution is -0.387. The Kier molecular flexibility index (Phi) is 5.28. The predicted molar refractivity (Wildman–Crippen MR) is 85.5 cm³/mol. The van der Waals surface area contributed by atoms with Gasteiger partial charge in [0.05, 0.1) is 11.5 Å². The molecule has 1 aliphatic heterocycles. The first-order valence-corrected chi connectivity index (χ1v) is 9.32. The molecule has 7 nitrogen and oxygen atoms in total. The molecule has 11 heteroatoms. The molecule has 0 amide bonds. The molecule has 0 bridgehead atoms. The number of hydrogen-bond donors (Lipinski definition) is 0. The highest BCUT2D eigenvalue weighted by molar-refractivity contribution is 7.90. The Bertz CT molecular complexity index is 767. The molecule has 1 heterocycles. The molecule has 140 valence electrons. The zero-order chi connectivity index (χ0) is 19.0. The number of alkyl halides is 3. The van der Waals surface area contributed by atoms with Crippen molar-refractivity contribution in [3.8, 4) is 0 Å². The van der Waals surface area contributed by atoms with Crippen LogP contribution in [-0.2, 0) is 9.84 Å². The Morgan fingerprint density at radius 1 is 1.32 bits per heavy atom. The molecular formula is C14H18F3N3O4S. The monoisotopic (exact) mass is 381 g/mol. The molecule has 1 unspecified atom stereocenters. The fourth-order valence-electron chi connectivity index (χ4n) is 2.93. The van der Waals surface area contributed by atoms with Crippen LogP contribution in [0.1, 0.15) is 6.92 Å². The number of hydrogen-bond acceptors (Lipinski definition) is 6. The van der Waals surface area contributed by atoms with E-state index in [9.17, 15) is 31.7 Å². The summed E-state index contributed by atoms with van der Waals surface area (Å²) in [4.78, 5) is 13.1. The summed E-state index contributed by atoms with van der Waals surface area (Å²) < 4.78 is 61.3. The number of benzene rings is 1. The molecule has 1 saturated heterocycles. The summed E-state index contributed by atoms with van der Waals surface area (Å²) in [6.07, 6.45) is -3.44. The van der Waals surface area contributed by atoms with Crippen LogP contribution in [0, 0.1) is 10.1 Å². The van der Waals surface area contributed by atoms with Crippen LogP contribution in [0.15, 0.2) is 23.1 Å². The molecule has 0 radical (unpaired) electrons. The zero-order valence-electron chi connectivity index (χ0n) is 13.7. The first kappa shape index (κ1) is 19.4. The Morgan fingerprint density at radius 2 is 1.96 bits per heavy atom. The van der Waals surface area contributed by atoms with Crippen LogP contribution >= 0.6 is 0 Å². The number of halogens is 3. The largest absolute Gasteiger partial charge is 0.401 e. The number of para-hydroxylation sites is 1. The number of nitrogens with zero attached hydrogens (tertiary/aromatic N) is 3. The van der Waals surface area contributed by atoms with E-state index in [0.717, 1.165) is 12.3 Å². The average molecular weight is 381 g/mol. The van der Waals surface area contributed by atoms with Crippen LogP contribution in [0.25, 0.3) is 0 Å². The summed E-state index contributed by atoms with van der Waals surface area (Å²) in [5.41, 5.74) is -0.437. The van der Waals surface area contributed by atoms with Crippen LogP contribution in [0.3, 0.4) is 0 Å². The van der Waals surface area contributed by atoms with E-state index in [1.165, 1.54) is 17.0 Å². The third-order valence-corrected chi connectivity index (χ3v) is 5.18. The van der Waals surface area contributed by atoms with Crippen molar-refractivity contribution in [1.29, 1.82) is 0 Å². The molecule has 1 aromatic rings. The van der Waals surface area contributed by atoms with Gasteiger partial charge in [-0.25, -0.2) is 8.42 Å². The fraction of sp³-hybridized carbons (Fsp3) is 0.571. The first-order chi connectivity index (χ1) is 11.4. The van der Waals surface area contributed by atoms with Crippen molar-refractivity contribution in [2.24, 2.45) is 0 Å². The maximum absolute atomic E-state index is 12.6. The molecule has 0 saturated carbocycles. The normalized spacial score (nSPS) is 19.9. The smallest absolute Gasteiger partial charge is 0.363 e. The van der Waals surface area contributed by atoms with Gasteiger partial charge in [0.2, 0.25) is 0 Å². The van der Waals surface area contributed by atoms with Crippen molar-refractivity contribution in [3.63, 3.8) is 0 Å². The van der Waals surface area contributed by atoms with E-state index in [4.69, 9.17) is 0 Å². The van der Waals surface area contributed by atoms with Crippen molar-refractivity contribution < 1.29 is 26.5 Å². The highest BCUT2D eigenvalue weighted by atomic mass is 32.2. The van der Waals surface area contributed by atoms with Gasteiger partial charge >= 0.3 is 11.9 Å². The van der Waals surface area contributed by atoms with Crippen molar-refractivity contribution >= 4 is 21.2 Å². The molecule has 1 atom stereocenters. The van der Waals surface area contributed by atoms with E-state index < -0.39 is 44.1 Å². The van der Waals surface area contributed by atoms with Gasteiger partial charge in [-0.05, 0) is 19.1 Å². The molecule has 1 fully saturated rings. The Hall–Kier alpha value is -1.88. The van der Waals surface area contributed by atoms with Crippen molar-refractivity contribution in [2.75, 3.05) is 37.3 Å². The number of rotatable bonds is 4. The third-order valence-electron chi connectivity index (χ3n) is 4.05. The van der Waals surface area contributed by atoms with Gasteiger partial charge < -0.3 is 4.90 Å². The third kappa shape index (κ3) is 4.60. The molecule has 0 N–H and O–H groups in total. The van der Waals surface area contributed by atoms with E-state index in [2.05, 4.69) is 0 Å². The molecule has 25 heavy (non-hydrogen) atoms. The summed E-state index contributed by atoms with van der Waals surface area (Å²) in [7, 11) is -3.82. The lowest BCUT2D eigenvalue weighted by atomic mass is 10.1. The molecule has 1 aromatic carbocycles. The lowest BCUT2D eigenvalue weighted by Gasteiger charge is -2.40. The molecule has 2 rings (SSSR count). The fourth-order valence-corrected chi connectivity index (χ4v) is 3.78.